The molecule has 1 fully saturated rings. The van der Waals surface area contributed by atoms with Crippen LogP contribution in [-0.2, 0) is 18.3 Å². The number of carbonyl (C=O) groups excluding carboxylic acids is 1. The Morgan fingerprint density at radius 2 is 2.18 bits per heavy atom. The number of aromatic amines is 1. The molecule has 0 unspecified atom stereocenters. The third-order valence-corrected chi connectivity index (χ3v) is 7.03. The van der Waals surface area contributed by atoms with E-state index >= 15 is 0 Å². The van der Waals surface area contributed by atoms with Crippen LogP contribution in [0.2, 0.25) is 0 Å². The maximum absolute atomic E-state index is 13.6. The summed E-state index contributed by atoms with van der Waals surface area (Å²) in [5, 5.41) is 12.1. The molecule has 4 aromatic rings. The first-order valence-electron chi connectivity index (χ1n) is 10.6. The largest absolute Gasteiger partial charge is 0.389 e. The fourth-order valence-corrected chi connectivity index (χ4v) is 5.64. The van der Waals surface area contributed by atoms with Crippen molar-refractivity contribution in [3.63, 3.8) is 0 Å². The standard InChI is InChI=1S/C22H23N5O5S/c1-11(2)27-21-17(19(29)25(3)22(27)31)16(20(30)26-9-13(28)10-32-26)15(33-21)7-12-8-24-18-14(12)5-4-6-23-18/h4-6,8,11,13,28H,7,9-10H2,1-3H3,(H,23,24)/t13-/m0/s1. The molecule has 0 aromatic carbocycles. The molecule has 0 aliphatic carbocycles. The van der Waals surface area contributed by atoms with E-state index in [4.69, 9.17) is 4.84 Å². The topological polar surface area (TPSA) is 122 Å². The van der Waals surface area contributed by atoms with Gasteiger partial charge in [0, 0.05) is 42.2 Å². The molecular weight excluding hydrogens is 446 g/mol. The Hall–Kier alpha value is -3.28. The number of rotatable bonds is 4. The lowest BCUT2D eigenvalue weighted by molar-refractivity contribution is -0.0778. The van der Waals surface area contributed by atoms with Crippen molar-refractivity contribution in [3.05, 3.63) is 61.4 Å². The number of β-amino-alcohol motifs (C(OH)–C–C–N with tert-alkyl or cyclic N) is 1. The number of amides is 1. The fraction of sp³-hybridized carbons (Fsp3) is 0.364. The highest BCUT2D eigenvalue weighted by Gasteiger charge is 2.33. The average Bonchev–Trinajstić information content (AvgIpc) is 3.49. The molecule has 0 radical (unpaired) electrons. The van der Waals surface area contributed by atoms with Gasteiger partial charge in [0.15, 0.2) is 0 Å². The second kappa shape index (κ2) is 7.94. The second-order valence-corrected chi connectivity index (χ2v) is 9.48. The molecule has 0 saturated carbocycles. The number of aromatic nitrogens is 4. The average molecular weight is 470 g/mol. The molecule has 0 spiro atoms. The number of pyridine rings is 1. The van der Waals surface area contributed by atoms with Crippen LogP contribution in [-0.4, -0.2) is 54.4 Å². The SMILES string of the molecule is CC(C)n1c(=O)n(C)c(=O)c2c(C(=O)N3C[C@H](O)CO3)c(Cc3c[nH]c4ncccc34)sc21. The Labute approximate surface area is 191 Å². The summed E-state index contributed by atoms with van der Waals surface area (Å²) in [6.45, 7) is 3.73. The fourth-order valence-electron chi connectivity index (χ4n) is 4.21. The molecule has 172 valence electrons. The summed E-state index contributed by atoms with van der Waals surface area (Å²) in [5.41, 5.74) is 0.882. The first kappa shape index (κ1) is 21.6. The van der Waals surface area contributed by atoms with Gasteiger partial charge in [0.2, 0.25) is 0 Å². The van der Waals surface area contributed by atoms with Crippen molar-refractivity contribution in [2.75, 3.05) is 13.2 Å². The molecule has 5 heterocycles. The number of aliphatic hydroxyl groups is 1. The Bertz CT molecular complexity index is 1510. The van der Waals surface area contributed by atoms with Crippen molar-refractivity contribution in [2.45, 2.75) is 32.4 Å². The highest BCUT2D eigenvalue weighted by molar-refractivity contribution is 7.19. The van der Waals surface area contributed by atoms with Crippen LogP contribution in [0.25, 0.3) is 21.3 Å². The summed E-state index contributed by atoms with van der Waals surface area (Å²) in [4.78, 5) is 53.6. The molecule has 5 rings (SSSR count). The molecule has 4 aromatic heterocycles. The zero-order chi connectivity index (χ0) is 23.4. The van der Waals surface area contributed by atoms with Gasteiger partial charge in [0.1, 0.15) is 23.2 Å². The molecule has 2 N–H and O–H groups in total. The van der Waals surface area contributed by atoms with Crippen LogP contribution in [0, 0.1) is 0 Å². The quantitative estimate of drug-likeness (QED) is 0.468. The second-order valence-electron chi connectivity index (χ2n) is 8.40. The zero-order valence-corrected chi connectivity index (χ0v) is 19.2. The van der Waals surface area contributed by atoms with Crippen LogP contribution in [0.3, 0.4) is 0 Å². The van der Waals surface area contributed by atoms with Crippen LogP contribution in [0.15, 0.2) is 34.1 Å². The lowest BCUT2D eigenvalue weighted by Gasteiger charge is -2.15. The van der Waals surface area contributed by atoms with Gasteiger partial charge in [-0.1, -0.05) is 0 Å². The first-order valence-corrected chi connectivity index (χ1v) is 11.4. The predicted octanol–water partition coefficient (Wildman–Crippen LogP) is 1.56. The van der Waals surface area contributed by atoms with E-state index in [1.54, 1.807) is 6.20 Å². The number of thiophene rings is 1. The Kier molecular flexibility index (Phi) is 5.19. The summed E-state index contributed by atoms with van der Waals surface area (Å²) in [7, 11) is 1.41. The van der Waals surface area contributed by atoms with Crippen molar-refractivity contribution in [3.8, 4) is 0 Å². The number of nitrogens with one attached hydrogen (secondary N) is 1. The third-order valence-electron chi connectivity index (χ3n) is 5.84. The summed E-state index contributed by atoms with van der Waals surface area (Å²) in [6, 6.07) is 3.55. The smallest absolute Gasteiger partial charge is 0.332 e. The number of H-pyrrole nitrogens is 1. The predicted molar refractivity (Wildman–Crippen MR) is 124 cm³/mol. The molecule has 1 aliphatic rings. The van der Waals surface area contributed by atoms with Crippen LogP contribution in [0.5, 0.6) is 0 Å². The van der Waals surface area contributed by atoms with E-state index in [0.29, 0.717) is 16.1 Å². The van der Waals surface area contributed by atoms with Gasteiger partial charge in [-0.3, -0.25) is 23.6 Å². The van der Waals surface area contributed by atoms with Crippen molar-refractivity contribution < 1.29 is 14.7 Å². The van der Waals surface area contributed by atoms with Gasteiger partial charge in [0.05, 0.1) is 17.5 Å². The number of aliphatic hydroxyl groups excluding tert-OH is 1. The maximum atomic E-state index is 13.6. The summed E-state index contributed by atoms with van der Waals surface area (Å²) in [5.74, 6) is -0.503. The Morgan fingerprint density at radius 3 is 2.88 bits per heavy atom. The van der Waals surface area contributed by atoms with E-state index in [-0.39, 0.29) is 30.1 Å². The van der Waals surface area contributed by atoms with Gasteiger partial charge in [-0.25, -0.2) is 14.8 Å². The van der Waals surface area contributed by atoms with Crippen molar-refractivity contribution in [2.24, 2.45) is 7.05 Å². The van der Waals surface area contributed by atoms with Gasteiger partial charge in [-0.15, -0.1) is 11.3 Å². The first-order chi connectivity index (χ1) is 15.8. The number of carbonyl (C=O) groups is 1. The maximum Gasteiger partial charge on any atom is 0.332 e. The van der Waals surface area contributed by atoms with E-state index < -0.39 is 23.3 Å². The van der Waals surface area contributed by atoms with Gasteiger partial charge in [-0.05, 0) is 31.5 Å². The van der Waals surface area contributed by atoms with Gasteiger partial charge in [-0.2, -0.15) is 0 Å². The number of hydrogen-bond donors (Lipinski definition) is 2. The number of fused-ring (bicyclic) bond motifs is 2. The molecule has 33 heavy (non-hydrogen) atoms. The summed E-state index contributed by atoms with van der Waals surface area (Å²) >= 11 is 1.26. The monoisotopic (exact) mass is 469 g/mol. The van der Waals surface area contributed by atoms with Crippen LogP contribution in [0.4, 0.5) is 0 Å². The number of hydrogen-bond acceptors (Lipinski definition) is 7. The van der Waals surface area contributed by atoms with E-state index in [1.165, 1.54) is 23.0 Å². The Morgan fingerprint density at radius 1 is 1.39 bits per heavy atom. The number of hydroxylamine groups is 2. The van der Waals surface area contributed by atoms with E-state index in [9.17, 15) is 19.5 Å². The van der Waals surface area contributed by atoms with Crippen molar-refractivity contribution in [1.82, 2.24) is 24.2 Å². The molecule has 1 saturated heterocycles. The molecule has 10 nitrogen and oxygen atoms in total. The van der Waals surface area contributed by atoms with Gasteiger partial charge in [0.25, 0.3) is 11.5 Å². The molecule has 1 amide bonds. The zero-order valence-electron chi connectivity index (χ0n) is 18.4. The van der Waals surface area contributed by atoms with Gasteiger partial charge < -0.3 is 10.1 Å². The van der Waals surface area contributed by atoms with Gasteiger partial charge >= 0.3 is 5.69 Å². The molecule has 1 atom stereocenters. The number of nitrogens with zero attached hydrogens (tertiary/aromatic N) is 4. The Balaban J connectivity index is 1.78. The van der Waals surface area contributed by atoms with Crippen LogP contribution < -0.4 is 11.2 Å². The summed E-state index contributed by atoms with van der Waals surface area (Å²) in [6.07, 6.45) is 3.09. The minimum atomic E-state index is -0.793. The highest BCUT2D eigenvalue weighted by Crippen LogP contribution is 2.34. The molecular formula is C22H23N5O5S. The van der Waals surface area contributed by atoms with Crippen molar-refractivity contribution in [1.29, 1.82) is 0 Å². The minimum absolute atomic E-state index is 0.00593. The molecule has 0 bridgehead atoms. The van der Waals surface area contributed by atoms with Crippen LogP contribution in [0.1, 0.15) is 40.7 Å². The van der Waals surface area contributed by atoms with E-state index in [0.717, 1.165) is 26.2 Å². The summed E-state index contributed by atoms with van der Waals surface area (Å²) < 4.78 is 2.57. The normalized spacial score (nSPS) is 16.5. The highest BCUT2D eigenvalue weighted by atomic mass is 32.1. The molecule has 11 heteroatoms. The van der Waals surface area contributed by atoms with E-state index in [1.807, 2.05) is 32.2 Å². The minimum Gasteiger partial charge on any atom is -0.389 e. The molecule has 1 aliphatic heterocycles. The lowest BCUT2D eigenvalue weighted by atomic mass is 10.1. The lowest BCUT2D eigenvalue weighted by Crippen LogP contribution is -2.39. The van der Waals surface area contributed by atoms with Crippen LogP contribution >= 0.6 is 11.3 Å². The third kappa shape index (κ3) is 3.39. The van der Waals surface area contributed by atoms with E-state index in [2.05, 4.69) is 9.97 Å². The van der Waals surface area contributed by atoms with Crippen molar-refractivity contribution >= 4 is 38.5 Å².